The second kappa shape index (κ2) is 5.54. The number of hydrogen-bond donors (Lipinski definition) is 2. The van der Waals surface area contributed by atoms with Gasteiger partial charge in [-0.2, -0.15) is 0 Å². The van der Waals surface area contributed by atoms with E-state index in [0.717, 1.165) is 24.2 Å². The molecule has 1 aliphatic carbocycles. The highest BCUT2D eigenvalue weighted by molar-refractivity contribution is 5.59. The summed E-state index contributed by atoms with van der Waals surface area (Å²) in [6.45, 7) is 1.26. The molecule has 0 bridgehead atoms. The molecular formula is C15H17FN4. The van der Waals surface area contributed by atoms with Crippen molar-refractivity contribution in [3.63, 3.8) is 0 Å². The van der Waals surface area contributed by atoms with E-state index in [0.29, 0.717) is 30.4 Å². The molecule has 1 fully saturated rings. The molecule has 1 aliphatic rings. The van der Waals surface area contributed by atoms with Crippen molar-refractivity contribution >= 4 is 5.69 Å². The summed E-state index contributed by atoms with van der Waals surface area (Å²) in [7, 11) is 0. The van der Waals surface area contributed by atoms with Gasteiger partial charge < -0.3 is 11.1 Å². The number of nitrogens with two attached hydrogens (primary N) is 1. The summed E-state index contributed by atoms with van der Waals surface area (Å²) in [5.41, 5.74) is 8.18. The van der Waals surface area contributed by atoms with Gasteiger partial charge in [-0.3, -0.25) is 0 Å². The monoisotopic (exact) mass is 272 g/mol. The molecular weight excluding hydrogens is 255 g/mol. The molecule has 1 aromatic carbocycles. The van der Waals surface area contributed by atoms with Crippen LogP contribution in [0, 0.1) is 5.82 Å². The molecule has 0 radical (unpaired) electrons. The van der Waals surface area contributed by atoms with Gasteiger partial charge in [-0.05, 0) is 25.0 Å². The predicted molar refractivity (Wildman–Crippen MR) is 76.9 cm³/mol. The van der Waals surface area contributed by atoms with Crippen molar-refractivity contribution in [2.45, 2.75) is 18.8 Å². The van der Waals surface area contributed by atoms with Crippen molar-refractivity contribution in [3.05, 3.63) is 42.0 Å². The van der Waals surface area contributed by atoms with Crippen LogP contribution in [0.15, 0.2) is 30.5 Å². The maximum absolute atomic E-state index is 13.3. The maximum Gasteiger partial charge on any atom is 0.159 e. The minimum atomic E-state index is -0.274. The zero-order valence-electron chi connectivity index (χ0n) is 11.1. The smallest absolute Gasteiger partial charge is 0.159 e. The van der Waals surface area contributed by atoms with E-state index in [2.05, 4.69) is 15.3 Å². The molecule has 1 saturated carbocycles. The van der Waals surface area contributed by atoms with E-state index in [9.17, 15) is 4.39 Å². The second-order valence-electron chi connectivity index (χ2n) is 4.99. The summed E-state index contributed by atoms with van der Waals surface area (Å²) in [4.78, 5) is 8.95. The fourth-order valence-corrected chi connectivity index (χ4v) is 2.17. The van der Waals surface area contributed by atoms with Gasteiger partial charge in [0.05, 0.1) is 17.6 Å². The van der Waals surface area contributed by atoms with E-state index < -0.39 is 0 Å². The first-order valence-electron chi connectivity index (χ1n) is 6.85. The third-order valence-corrected chi connectivity index (χ3v) is 3.32. The summed E-state index contributed by atoms with van der Waals surface area (Å²) in [5, 5.41) is 3.25. The van der Waals surface area contributed by atoms with E-state index in [1.807, 2.05) is 6.07 Å². The molecule has 5 heteroatoms. The lowest BCUT2D eigenvalue weighted by molar-refractivity contribution is 0.628. The summed E-state index contributed by atoms with van der Waals surface area (Å²) in [6.07, 6.45) is 4.07. The predicted octanol–water partition coefficient (Wildman–Crippen LogP) is 2.53. The minimum absolute atomic E-state index is 0.274. The van der Waals surface area contributed by atoms with Gasteiger partial charge in [0, 0.05) is 24.6 Å². The summed E-state index contributed by atoms with van der Waals surface area (Å²) in [5.74, 6) is 0.791. The number of aromatic nitrogens is 2. The molecule has 3 N–H and O–H groups in total. The van der Waals surface area contributed by atoms with Gasteiger partial charge in [-0.1, -0.05) is 12.1 Å². The Morgan fingerprint density at radius 3 is 2.90 bits per heavy atom. The first-order valence-corrected chi connectivity index (χ1v) is 6.85. The van der Waals surface area contributed by atoms with Gasteiger partial charge in [0.15, 0.2) is 5.82 Å². The van der Waals surface area contributed by atoms with E-state index >= 15 is 0 Å². The van der Waals surface area contributed by atoms with Gasteiger partial charge in [-0.15, -0.1) is 0 Å². The molecule has 2 aromatic rings. The van der Waals surface area contributed by atoms with Gasteiger partial charge in [0.25, 0.3) is 0 Å². The number of anilines is 1. The molecule has 0 unspecified atom stereocenters. The van der Waals surface area contributed by atoms with Crippen LogP contribution in [0.25, 0.3) is 11.4 Å². The quantitative estimate of drug-likeness (QED) is 0.878. The lowest BCUT2D eigenvalue weighted by Crippen LogP contribution is -2.15. The largest absolute Gasteiger partial charge is 0.381 e. The van der Waals surface area contributed by atoms with Crippen LogP contribution >= 0.6 is 0 Å². The topological polar surface area (TPSA) is 63.8 Å². The average Bonchev–Trinajstić information content (AvgIpc) is 3.29. The van der Waals surface area contributed by atoms with Crippen molar-refractivity contribution in [2.75, 3.05) is 18.4 Å². The summed E-state index contributed by atoms with van der Waals surface area (Å²) in [6, 6.07) is 6.37. The molecule has 4 nitrogen and oxygen atoms in total. The number of nitrogens with one attached hydrogen (secondary N) is 1. The Morgan fingerprint density at radius 1 is 1.35 bits per heavy atom. The molecule has 20 heavy (non-hydrogen) atoms. The highest BCUT2D eigenvalue weighted by atomic mass is 19.1. The van der Waals surface area contributed by atoms with Crippen LogP contribution in [-0.2, 0) is 0 Å². The Labute approximate surface area is 117 Å². The number of benzene rings is 1. The van der Waals surface area contributed by atoms with E-state index in [-0.39, 0.29) is 5.82 Å². The minimum Gasteiger partial charge on any atom is -0.381 e. The first kappa shape index (κ1) is 13.0. The molecule has 0 atom stereocenters. The fraction of sp³-hybridized carbons (Fsp3) is 0.333. The highest BCUT2D eigenvalue weighted by Crippen LogP contribution is 2.42. The third kappa shape index (κ3) is 2.77. The van der Waals surface area contributed by atoms with Crippen molar-refractivity contribution in [1.29, 1.82) is 0 Å². The van der Waals surface area contributed by atoms with Gasteiger partial charge in [0.2, 0.25) is 0 Å². The van der Waals surface area contributed by atoms with Gasteiger partial charge >= 0.3 is 0 Å². The van der Waals surface area contributed by atoms with Crippen molar-refractivity contribution in [2.24, 2.45) is 5.73 Å². The Balaban J connectivity index is 1.95. The van der Waals surface area contributed by atoms with Crippen LogP contribution in [0.4, 0.5) is 10.1 Å². The normalized spacial score (nSPS) is 14.3. The molecule has 0 amide bonds. The Morgan fingerprint density at radius 2 is 2.20 bits per heavy atom. The SMILES string of the molecule is NCCNc1cnc(-c2cccc(F)c2)nc1C1CC1. The zero-order chi connectivity index (χ0) is 13.9. The van der Waals surface area contributed by atoms with Crippen LogP contribution in [0.2, 0.25) is 0 Å². The summed E-state index contributed by atoms with van der Waals surface area (Å²) >= 11 is 0. The van der Waals surface area contributed by atoms with Crippen LogP contribution in [0.5, 0.6) is 0 Å². The zero-order valence-corrected chi connectivity index (χ0v) is 11.1. The van der Waals surface area contributed by atoms with Crippen LogP contribution in [0.1, 0.15) is 24.5 Å². The number of halogens is 1. The number of nitrogens with zero attached hydrogens (tertiary/aromatic N) is 2. The average molecular weight is 272 g/mol. The second-order valence-corrected chi connectivity index (χ2v) is 4.99. The van der Waals surface area contributed by atoms with Crippen LogP contribution in [-0.4, -0.2) is 23.1 Å². The van der Waals surface area contributed by atoms with E-state index in [1.54, 1.807) is 12.3 Å². The fourth-order valence-electron chi connectivity index (χ4n) is 2.17. The summed E-state index contributed by atoms with van der Waals surface area (Å²) < 4.78 is 13.3. The molecule has 104 valence electrons. The highest BCUT2D eigenvalue weighted by Gasteiger charge is 2.28. The van der Waals surface area contributed by atoms with Crippen molar-refractivity contribution < 1.29 is 4.39 Å². The third-order valence-electron chi connectivity index (χ3n) is 3.32. The lowest BCUT2D eigenvalue weighted by atomic mass is 10.2. The lowest BCUT2D eigenvalue weighted by Gasteiger charge is -2.11. The Hall–Kier alpha value is -2.01. The van der Waals surface area contributed by atoms with E-state index in [4.69, 9.17) is 5.73 Å². The molecule has 1 heterocycles. The Kier molecular flexibility index (Phi) is 3.60. The number of hydrogen-bond acceptors (Lipinski definition) is 4. The number of rotatable bonds is 5. The standard InChI is InChI=1S/C15H17FN4/c16-12-3-1-2-11(8-12)15-19-9-13(18-7-6-17)14(20-15)10-4-5-10/h1-3,8-10,18H,4-7,17H2. The van der Waals surface area contributed by atoms with Crippen molar-refractivity contribution in [3.8, 4) is 11.4 Å². The Bertz CT molecular complexity index is 611. The van der Waals surface area contributed by atoms with Crippen LogP contribution < -0.4 is 11.1 Å². The van der Waals surface area contributed by atoms with Gasteiger partial charge in [-0.25, -0.2) is 14.4 Å². The molecule has 0 aliphatic heterocycles. The molecule has 1 aromatic heterocycles. The van der Waals surface area contributed by atoms with Crippen molar-refractivity contribution in [1.82, 2.24) is 9.97 Å². The first-order chi connectivity index (χ1) is 9.78. The van der Waals surface area contributed by atoms with Gasteiger partial charge in [0.1, 0.15) is 5.82 Å². The van der Waals surface area contributed by atoms with Crippen LogP contribution in [0.3, 0.4) is 0 Å². The molecule has 3 rings (SSSR count). The molecule has 0 saturated heterocycles. The molecule has 0 spiro atoms. The van der Waals surface area contributed by atoms with E-state index in [1.165, 1.54) is 12.1 Å². The maximum atomic E-state index is 13.3.